The largest absolute Gasteiger partial charge is 0.468 e. The molecule has 1 heterocycles. The second kappa shape index (κ2) is 11.2. The van der Waals surface area contributed by atoms with Crippen molar-refractivity contribution in [1.29, 1.82) is 0 Å². The molecule has 6 nitrogen and oxygen atoms in total. The van der Waals surface area contributed by atoms with E-state index in [0.717, 1.165) is 48.7 Å². The van der Waals surface area contributed by atoms with E-state index in [-0.39, 0.29) is 17.8 Å². The van der Waals surface area contributed by atoms with E-state index in [2.05, 4.69) is 29.0 Å². The molecule has 1 fully saturated rings. The van der Waals surface area contributed by atoms with Crippen LogP contribution in [0, 0.1) is 0 Å². The Hall–Kier alpha value is -3.64. The molecule has 0 bridgehead atoms. The van der Waals surface area contributed by atoms with Crippen LogP contribution in [-0.2, 0) is 9.53 Å². The molecule has 1 N–H and O–H groups in total. The molecule has 182 valence electrons. The Kier molecular flexibility index (Phi) is 7.83. The highest BCUT2D eigenvalue weighted by Crippen LogP contribution is 2.26. The average molecular weight is 472 g/mol. The van der Waals surface area contributed by atoms with E-state index < -0.39 is 6.04 Å². The number of amides is 1. The smallest absolute Gasteiger partial charge is 0.327 e. The van der Waals surface area contributed by atoms with Crippen LogP contribution in [0.4, 0.5) is 11.4 Å². The van der Waals surface area contributed by atoms with Gasteiger partial charge in [-0.15, -0.1) is 0 Å². The third-order valence-corrected chi connectivity index (χ3v) is 6.54. The van der Waals surface area contributed by atoms with Gasteiger partial charge in [0.2, 0.25) is 0 Å². The van der Waals surface area contributed by atoms with Crippen LogP contribution in [0.5, 0.6) is 0 Å². The molecule has 0 saturated carbocycles. The Labute approximate surface area is 207 Å². The SMILES string of the molecule is COC(=O)C(c1ccccc1)N1CCN(c2ccc(NC(=O)c3ccccc3C(C)C)cc2)CC1. The molecule has 1 amide bonds. The van der Waals surface area contributed by atoms with Crippen LogP contribution >= 0.6 is 0 Å². The molecule has 1 saturated heterocycles. The third-order valence-electron chi connectivity index (χ3n) is 6.54. The summed E-state index contributed by atoms with van der Waals surface area (Å²) in [5.74, 6) is -0.0483. The summed E-state index contributed by atoms with van der Waals surface area (Å²) in [5.41, 5.74) is 4.57. The van der Waals surface area contributed by atoms with Crippen molar-refractivity contribution in [2.24, 2.45) is 0 Å². The first kappa shape index (κ1) is 24.5. The molecule has 3 aromatic carbocycles. The number of ether oxygens (including phenoxy) is 1. The monoisotopic (exact) mass is 471 g/mol. The number of carbonyl (C=O) groups excluding carboxylic acids is 2. The maximum atomic E-state index is 12.9. The minimum Gasteiger partial charge on any atom is -0.468 e. The van der Waals surface area contributed by atoms with E-state index in [1.807, 2.05) is 78.9 Å². The van der Waals surface area contributed by atoms with E-state index in [1.54, 1.807) is 0 Å². The molecule has 1 atom stereocenters. The van der Waals surface area contributed by atoms with E-state index in [0.29, 0.717) is 5.56 Å². The van der Waals surface area contributed by atoms with Crippen molar-refractivity contribution in [3.05, 3.63) is 95.6 Å². The number of rotatable bonds is 7. The summed E-state index contributed by atoms with van der Waals surface area (Å²) in [6, 6.07) is 25.1. The standard InChI is InChI=1S/C29H33N3O3/c1-21(2)25-11-7-8-12-26(25)28(33)30-23-13-15-24(16-14-23)31-17-19-32(20-18-31)27(29(34)35-3)22-9-5-4-6-10-22/h4-16,21,27H,17-20H2,1-3H3,(H,30,33). The van der Waals surface area contributed by atoms with Gasteiger partial charge in [-0.2, -0.15) is 0 Å². The number of anilines is 2. The number of esters is 1. The summed E-state index contributed by atoms with van der Waals surface area (Å²) < 4.78 is 5.10. The van der Waals surface area contributed by atoms with Gasteiger partial charge in [-0.1, -0.05) is 62.4 Å². The van der Waals surface area contributed by atoms with Crippen LogP contribution in [0.2, 0.25) is 0 Å². The molecule has 0 radical (unpaired) electrons. The number of nitrogens with zero attached hydrogens (tertiary/aromatic N) is 2. The predicted molar refractivity (Wildman–Crippen MR) is 140 cm³/mol. The van der Waals surface area contributed by atoms with Gasteiger partial charge in [0, 0.05) is 43.1 Å². The molecule has 35 heavy (non-hydrogen) atoms. The molecular weight excluding hydrogens is 438 g/mol. The number of hydrogen-bond acceptors (Lipinski definition) is 5. The molecular formula is C29H33N3O3. The summed E-state index contributed by atoms with van der Waals surface area (Å²) in [6.07, 6.45) is 0. The van der Waals surface area contributed by atoms with Gasteiger partial charge in [0.1, 0.15) is 6.04 Å². The Bertz CT molecular complexity index is 1140. The minimum atomic E-state index is -0.394. The molecule has 0 spiro atoms. The molecule has 1 aliphatic heterocycles. The lowest BCUT2D eigenvalue weighted by Gasteiger charge is -2.39. The van der Waals surface area contributed by atoms with Crippen molar-refractivity contribution in [3.63, 3.8) is 0 Å². The summed E-state index contributed by atoms with van der Waals surface area (Å²) in [4.78, 5) is 29.9. The van der Waals surface area contributed by atoms with E-state index in [9.17, 15) is 9.59 Å². The Morgan fingerprint density at radius 3 is 2.09 bits per heavy atom. The van der Waals surface area contributed by atoms with E-state index in [1.165, 1.54) is 7.11 Å². The second-order valence-electron chi connectivity index (χ2n) is 9.10. The number of benzene rings is 3. The van der Waals surface area contributed by atoms with Crippen molar-refractivity contribution in [2.45, 2.75) is 25.8 Å². The number of piperazine rings is 1. The predicted octanol–water partition coefficient (Wildman–Crippen LogP) is 5.10. The van der Waals surface area contributed by atoms with Gasteiger partial charge in [-0.3, -0.25) is 9.69 Å². The lowest BCUT2D eigenvalue weighted by Crippen LogP contribution is -2.49. The number of hydrogen-bond donors (Lipinski definition) is 1. The highest BCUT2D eigenvalue weighted by Gasteiger charge is 2.31. The lowest BCUT2D eigenvalue weighted by atomic mass is 9.97. The molecule has 0 aromatic heterocycles. The van der Waals surface area contributed by atoms with Gasteiger partial charge in [-0.05, 0) is 47.4 Å². The zero-order valence-electron chi connectivity index (χ0n) is 20.6. The molecule has 4 rings (SSSR count). The molecule has 0 aliphatic carbocycles. The maximum absolute atomic E-state index is 12.9. The molecule has 3 aromatic rings. The van der Waals surface area contributed by atoms with Gasteiger partial charge < -0.3 is 15.0 Å². The van der Waals surface area contributed by atoms with Gasteiger partial charge in [0.15, 0.2) is 0 Å². The van der Waals surface area contributed by atoms with Crippen molar-refractivity contribution in [1.82, 2.24) is 4.90 Å². The van der Waals surface area contributed by atoms with E-state index in [4.69, 9.17) is 4.74 Å². The number of carbonyl (C=O) groups is 2. The first-order valence-corrected chi connectivity index (χ1v) is 12.1. The van der Waals surface area contributed by atoms with Crippen molar-refractivity contribution < 1.29 is 14.3 Å². The van der Waals surface area contributed by atoms with E-state index >= 15 is 0 Å². The first-order chi connectivity index (χ1) is 17.0. The zero-order chi connectivity index (χ0) is 24.8. The van der Waals surface area contributed by atoms with Crippen molar-refractivity contribution >= 4 is 23.3 Å². The third kappa shape index (κ3) is 5.72. The van der Waals surface area contributed by atoms with Crippen LogP contribution in [0.25, 0.3) is 0 Å². The van der Waals surface area contributed by atoms with Gasteiger partial charge in [0.25, 0.3) is 5.91 Å². The van der Waals surface area contributed by atoms with Crippen molar-refractivity contribution in [3.8, 4) is 0 Å². The van der Waals surface area contributed by atoms with Gasteiger partial charge in [0.05, 0.1) is 7.11 Å². The maximum Gasteiger partial charge on any atom is 0.327 e. The highest BCUT2D eigenvalue weighted by atomic mass is 16.5. The number of methoxy groups -OCH3 is 1. The fraction of sp³-hybridized carbons (Fsp3) is 0.310. The minimum absolute atomic E-state index is 0.0922. The Morgan fingerprint density at radius 1 is 0.829 bits per heavy atom. The number of nitrogens with one attached hydrogen (secondary N) is 1. The van der Waals surface area contributed by atoms with Crippen LogP contribution in [-0.4, -0.2) is 50.1 Å². The normalized spacial score (nSPS) is 15.0. The van der Waals surface area contributed by atoms with Gasteiger partial charge >= 0.3 is 5.97 Å². The van der Waals surface area contributed by atoms with Crippen LogP contribution in [0.3, 0.4) is 0 Å². The topological polar surface area (TPSA) is 61.9 Å². The quantitative estimate of drug-likeness (QED) is 0.486. The summed E-state index contributed by atoms with van der Waals surface area (Å²) in [5, 5.41) is 3.03. The van der Waals surface area contributed by atoms with Crippen LogP contribution in [0.1, 0.15) is 47.3 Å². The van der Waals surface area contributed by atoms with Gasteiger partial charge in [-0.25, -0.2) is 4.79 Å². The molecule has 1 aliphatic rings. The lowest BCUT2D eigenvalue weighted by molar-refractivity contribution is -0.147. The Balaban J connectivity index is 1.39. The fourth-order valence-electron chi connectivity index (χ4n) is 4.64. The summed E-state index contributed by atoms with van der Waals surface area (Å²) in [7, 11) is 1.44. The van der Waals surface area contributed by atoms with Crippen LogP contribution < -0.4 is 10.2 Å². The highest BCUT2D eigenvalue weighted by molar-refractivity contribution is 6.05. The summed E-state index contributed by atoms with van der Waals surface area (Å²) in [6.45, 7) is 7.28. The zero-order valence-corrected chi connectivity index (χ0v) is 20.6. The van der Waals surface area contributed by atoms with Crippen molar-refractivity contribution in [2.75, 3.05) is 43.5 Å². The Morgan fingerprint density at radius 2 is 1.46 bits per heavy atom. The average Bonchev–Trinajstić information content (AvgIpc) is 2.90. The molecule has 1 unspecified atom stereocenters. The van der Waals surface area contributed by atoms with Crippen LogP contribution in [0.15, 0.2) is 78.9 Å². The second-order valence-corrected chi connectivity index (χ2v) is 9.10. The summed E-state index contributed by atoms with van der Waals surface area (Å²) >= 11 is 0. The fourth-order valence-corrected chi connectivity index (χ4v) is 4.64. The molecule has 6 heteroatoms. The first-order valence-electron chi connectivity index (χ1n) is 12.1.